The van der Waals surface area contributed by atoms with Crippen molar-refractivity contribution in [1.29, 1.82) is 0 Å². The molecule has 0 unspecified atom stereocenters. The van der Waals surface area contributed by atoms with Crippen LogP contribution in [0.5, 0.6) is 0 Å². The van der Waals surface area contributed by atoms with Gasteiger partial charge >= 0.3 is 0 Å². The predicted molar refractivity (Wildman–Crippen MR) is 96.5 cm³/mol. The molecule has 8 nitrogen and oxygen atoms in total. The van der Waals surface area contributed by atoms with Crippen LogP contribution in [0.4, 0.5) is 11.8 Å². The average Bonchev–Trinajstić information content (AvgIpc) is 2.62. The number of anilines is 2. The van der Waals surface area contributed by atoms with Crippen LogP contribution >= 0.6 is 0 Å². The van der Waals surface area contributed by atoms with Gasteiger partial charge < -0.3 is 15.6 Å². The zero-order valence-electron chi connectivity index (χ0n) is 13.9. The van der Waals surface area contributed by atoms with E-state index in [-0.39, 0.29) is 5.56 Å². The molecule has 0 amide bonds. The number of hydrogen-bond donors (Lipinski definition) is 3. The summed E-state index contributed by atoms with van der Waals surface area (Å²) in [5, 5.41) is 6.40. The Bertz CT molecular complexity index is 862. The lowest BCUT2D eigenvalue weighted by Crippen LogP contribution is -2.11. The fourth-order valence-electron chi connectivity index (χ4n) is 2.25. The molecule has 0 saturated heterocycles. The molecule has 0 saturated carbocycles. The summed E-state index contributed by atoms with van der Waals surface area (Å²) in [7, 11) is 0. The number of nitrogens with one attached hydrogen (secondary N) is 3. The molecule has 0 aliphatic carbocycles. The van der Waals surface area contributed by atoms with Gasteiger partial charge in [0.05, 0.1) is 0 Å². The molecule has 3 heterocycles. The minimum atomic E-state index is -0.167. The van der Waals surface area contributed by atoms with Crippen molar-refractivity contribution >= 4 is 11.8 Å². The maximum Gasteiger partial charge on any atom is 0.251 e. The summed E-state index contributed by atoms with van der Waals surface area (Å²) < 4.78 is 0. The van der Waals surface area contributed by atoms with Gasteiger partial charge in [0.1, 0.15) is 11.6 Å². The summed E-state index contributed by atoms with van der Waals surface area (Å²) in [6.45, 7) is 3.33. The Morgan fingerprint density at radius 1 is 1.08 bits per heavy atom. The molecule has 8 heteroatoms. The van der Waals surface area contributed by atoms with E-state index in [0.29, 0.717) is 17.5 Å². The van der Waals surface area contributed by atoms with Crippen molar-refractivity contribution in [2.24, 2.45) is 0 Å². The fraction of sp³-hybridized carbons (Fsp3) is 0.235. The van der Waals surface area contributed by atoms with E-state index in [1.54, 1.807) is 31.6 Å². The Balaban J connectivity index is 1.48. The largest absolute Gasteiger partial charge is 0.370 e. The van der Waals surface area contributed by atoms with Gasteiger partial charge in [0.2, 0.25) is 5.95 Å². The molecule has 128 valence electrons. The second-order valence-corrected chi connectivity index (χ2v) is 5.45. The van der Waals surface area contributed by atoms with Gasteiger partial charge in [-0.3, -0.25) is 4.79 Å². The predicted octanol–water partition coefficient (Wildman–Crippen LogP) is 1.84. The van der Waals surface area contributed by atoms with Crippen molar-refractivity contribution in [3.05, 3.63) is 58.9 Å². The van der Waals surface area contributed by atoms with Crippen LogP contribution in [-0.4, -0.2) is 38.0 Å². The van der Waals surface area contributed by atoms with Crippen molar-refractivity contribution in [3.63, 3.8) is 0 Å². The van der Waals surface area contributed by atoms with Gasteiger partial charge in [0, 0.05) is 49.0 Å². The molecule has 0 spiro atoms. The summed E-state index contributed by atoms with van der Waals surface area (Å²) in [6, 6.07) is 6.99. The smallest absolute Gasteiger partial charge is 0.251 e. The Morgan fingerprint density at radius 2 is 1.88 bits per heavy atom. The highest BCUT2D eigenvalue weighted by atomic mass is 16.1. The Hall–Kier alpha value is -3.29. The molecular weight excluding hydrogens is 318 g/mol. The van der Waals surface area contributed by atoms with Crippen molar-refractivity contribution < 1.29 is 0 Å². The van der Waals surface area contributed by atoms with E-state index >= 15 is 0 Å². The number of aromatic nitrogens is 5. The highest BCUT2D eigenvalue weighted by Crippen LogP contribution is 2.14. The third-order valence-corrected chi connectivity index (χ3v) is 3.42. The van der Waals surface area contributed by atoms with E-state index in [1.807, 2.05) is 12.1 Å². The van der Waals surface area contributed by atoms with Crippen LogP contribution in [0.25, 0.3) is 11.4 Å². The van der Waals surface area contributed by atoms with Gasteiger partial charge in [-0.2, -0.15) is 0 Å². The highest BCUT2D eigenvalue weighted by Gasteiger charge is 2.03. The van der Waals surface area contributed by atoms with E-state index in [9.17, 15) is 4.79 Å². The molecule has 0 radical (unpaired) electrons. The van der Waals surface area contributed by atoms with Crippen molar-refractivity contribution in [1.82, 2.24) is 24.9 Å². The van der Waals surface area contributed by atoms with Crippen LogP contribution in [0.2, 0.25) is 0 Å². The van der Waals surface area contributed by atoms with Gasteiger partial charge in [-0.25, -0.2) is 19.9 Å². The van der Waals surface area contributed by atoms with Crippen molar-refractivity contribution in [3.8, 4) is 11.4 Å². The molecule has 0 bridgehead atoms. The van der Waals surface area contributed by atoms with Crippen LogP contribution < -0.4 is 16.2 Å². The third-order valence-electron chi connectivity index (χ3n) is 3.42. The summed E-state index contributed by atoms with van der Waals surface area (Å²) in [5.41, 5.74) is 1.28. The van der Waals surface area contributed by atoms with E-state index in [1.165, 1.54) is 6.07 Å². The van der Waals surface area contributed by atoms with Crippen molar-refractivity contribution in [2.45, 2.75) is 13.3 Å². The third kappa shape index (κ3) is 4.84. The quantitative estimate of drug-likeness (QED) is 0.564. The molecule has 3 rings (SSSR count). The van der Waals surface area contributed by atoms with E-state index in [4.69, 9.17) is 0 Å². The number of aromatic amines is 1. The Kier molecular flexibility index (Phi) is 5.30. The van der Waals surface area contributed by atoms with Crippen molar-refractivity contribution in [2.75, 3.05) is 23.7 Å². The topological polar surface area (TPSA) is 108 Å². The first-order chi connectivity index (χ1) is 12.2. The molecule has 0 aliphatic heterocycles. The first kappa shape index (κ1) is 16.6. The zero-order chi connectivity index (χ0) is 17.5. The SMILES string of the molecule is Cc1cc(=O)[nH]c(-c2ccc(NCCCNc3ncccn3)nc2)n1. The highest BCUT2D eigenvalue weighted by molar-refractivity contribution is 5.55. The van der Waals surface area contributed by atoms with Crippen LogP contribution in [0, 0.1) is 6.92 Å². The molecule has 0 aliphatic rings. The number of aryl methyl sites for hydroxylation is 1. The maximum absolute atomic E-state index is 11.5. The van der Waals surface area contributed by atoms with Gasteiger partial charge in [0.25, 0.3) is 5.56 Å². The summed E-state index contributed by atoms with van der Waals surface area (Å²) in [5.74, 6) is 1.93. The first-order valence-electron chi connectivity index (χ1n) is 8.00. The van der Waals surface area contributed by atoms with E-state index in [2.05, 4.69) is 35.6 Å². The average molecular weight is 337 g/mol. The Morgan fingerprint density at radius 3 is 2.60 bits per heavy atom. The second kappa shape index (κ2) is 8.00. The maximum atomic E-state index is 11.5. The summed E-state index contributed by atoms with van der Waals surface area (Å²) in [6.07, 6.45) is 6.00. The standard InChI is InChI=1S/C17H19N7O/c1-12-10-15(25)24-16(23-12)13-4-5-14(22-11-13)18-6-2-7-19-17-20-8-3-9-21-17/h3-5,8-11H,2,6-7H2,1H3,(H,18,22)(H,19,20,21)(H,23,24,25). The normalized spacial score (nSPS) is 10.4. The van der Waals surface area contributed by atoms with E-state index < -0.39 is 0 Å². The zero-order valence-corrected chi connectivity index (χ0v) is 13.9. The number of H-pyrrole nitrogens is 1. The summed E-state index contributed by atoms with van der Waals surface area (Å²) >= 11 is 0. The fourth-order valence-corrected chi connectivity index (χ4v) is 2.25. The van der Waals surface area contributed by atoms with Crippen LogP contribution in [0.1, 0.15) is 12.1 Å². The molecule has 0 fully saturated rings. The molecule has 25 heavy (non-hydrogen) atoms. The molecule has 3 aromatic heterocycles. The second-order valence-electron chi connectivity index (χ2n) is 5.45. The molecule has 3 N–H and O–H groups in total. The molecule has 0 aromatic carbocycles. The lowest BCUT2D eigenvalue weighted by molar-refractivity contribution is 0.890. The van der Waals surface area contributed by atoms with Gasteiger partial charge in [-0.15, -0.1) is 0 Å². The number of hydrogen-bond acceptors (Lipinski definition) is 7. The summed E-state index contributed by atoms with van der Waals surface area (Å²) in [4.78, 5) is 31.1. The minimum absolute atomic E-state index is 0.167. The van der Waals surface area contributed by atoms with Gasteiger partial charge in [-0.1, -0.05) is 0 Å². The van der Waals surface area contributed by atoms with Gasteiger partial charge in [0.15, 0.2) is 0 Å². The van der Waals surface area contributed by atoms with Crippen LogP contribution in [0.3, 0.4) is 0 Å². The number of rotatable bonds is 7. The van der Waals surface area contributed by atoms with E-state index in [0.717, 1.165) is 30.9 Å². The minimum Gasteiger partial charge on any atom is -0.370 e. The van der Waals surface area contributed by atoms with Crippen LogP contribution in [-0.2, 0) is 0 Å². The Labute approximate surface area is 144 Å². The molecular formula is C17H19N7O. The molecule has 0 atom stereocenters. The molecule has 3 aromatic rings. The monoisotopic (exact) mass is 337 g/mol. The lowest BCUT2D eigenvalue weighted by Gasteiger charge is -2.07. The van der Waals surface area contributed by atoms with Gasteiger partial charge in [-0.05, 0) is 31.5 Å². The first-order valence-corrected chi connectivity index (χ1v) is 8.00. The lowest BCUT2D eigenvalue weighted by atomic mass is 10.2. The number of pyridine rings is 1. The number of nitrogens with zero attached hydrogens (tertiary/aromatic N) is 4. The van der Waals surface area contributed by atoms with Crippen LogP contribution in [0.15, 0.2) is 47.7 Å².